The SMILES string of the molecule is CC(O)(CO)CNC1CCCc2cc(O)ccc21. The number of phenols is 1. The molecular formula is C14H21NO3. The number of rotatable bonds is 4. The lowest BCUT2D eigenvalue weighted by molar-refractivity contribution is 0.000300. The smallest absolute Gasteiger partial charge is 0.115 e. The molecule has 0 saturated heterocycles. The Balaban J connectivity index is 2.08. The zero-order valence-electron chi connectivity index (χ0n) is 10.7. The van der Waals surface area contributed by atoms with Crippen molar-refractivity contribution in [3.05, 3.63) is 29.3 Å². The minimum Gasteiger partial charge on any atom is -0.508 e. The van der Waals surface area contributed by atoms with Crippen LogP contribution in [0.5, 0.6) is 5.75 Å². The fourth-order valence-corrected chi connectivity index (χ4v) is 2.41. The Hall–Kier alpha value is -1.10. The van der Waals surface area contributed by atoms with Gasteiger partial charge in [0.05, 0.1) is 12.2 Å². The van der Waals surface area contributed by atoms with Crippen LogP contribution in [0.3, 0.4) is 0 Å². The van der Waals surface area contributed by atoms with Gasteiger partial charge in [0.25, 0.3) is 0 Å². The van der Waals surface area contributed by atoms with Gasteiger partial charge in [-0.05, 0) is 49.4 Å². The standard InChI is InChI=1S/C14H21NO3/c1-14(18,9-16)8-15-13-4-2-3-10-7-11(17)5-6-12(10)13/h5-7,13,15-18H,2-4,8-9H2,1H3. The Morgan fingerprint density at radius 2 is 2.22 bits per heavy atom. The highest BCUT2D eigenvalue weighted by atomic mass is 16.3. The number of aliphatic hydroxyl groups excluding tert-OH is 1. The molecule has 100 valence electrons. The highest BCUT2D eigenvalue weighted by Gasteiger charge is 2.24. The monoisotopic (exact) mass is 251 g/mol. The zero-order chi connectivity index (χ0) is 13.2. The number of hydrogen-bond acceptors (Lipinski definition) is 4. The van der Waals surface area contributed by atoms with Gasteiger partial charge in [0.15, 0.2) is 0 Å². The molecule has 0 radical (unpaired) electrons. The summed E-state index contributed by atoms with van der Waals surface area (Å²) in [6, 6.07) is 5.64. The second-order valence-electron chi connectivity index (χ2n) is 5.36. The number of hydrogen-bond donors (Lipinski definition) is 4. The van der Waals surface area contributed by atoms with Gasteiger partial charge in [-0.3, -0.25) is 0 Å². The number of benzene rings is 1. The van der Waals surface area contributed by atoms with Crippen LogP contribution >= 0.6 is 0 Å². The first kappa shape index (κ1) is 13.3. The van der Waals surface area contributed by atoms with E-state index in [-0.39, 0.29) is 12.6 Å². The van der Waals surface area contributed by atoms with E-state index in [0.29, 0.717) is 12.3 Å². The van der Waals surface area contributed by atoms with Crippen LogP contribution in [-0.2, 0) is 6.42 Å². The van der Waals surface area contributed by atoms with Gasteiger partial charge in [-0.25, -0.2) is 0 Å². The van der Waals surface area contributed by atoms with Crippen LogP contribution in [0.1, 0.15) is 36.9 Å². The zero-order valence-corrected chi connectivity index (χ0v) is 10.7. The molecule has 0 aromatic heterocycles. The van der Waals surface area contributed by atoms with Crippen LogP contribution in [0.2, 0.25) is 0 Å². The Morgan fingerprint density at radius 3 is 2.94 bits per heavy atom. The van der Waals surface area contributed by atoms with Crippen LogP contribution in [-0.4, -0.2) is 34.1 Å². The predicted molar refractivity (Wildman–Crippen MR) is 69.5 cm³/mol. The van der Waals surface area contributed by atoms with Crippen molar-refractivity contribution in [2.24, 2.45) is 0 Å². The predicted octanol–water partition coefficient (Wildman–Crippen LogP) is 1.10. The average molecular weight is 251 g/mol. The summed E-state index contributed by atoms with van der Waals surface area (Å²) in [5.74, 6) is 0.303. The number of nitrogens with one attached hydrogen (secondary N) is 1. The van der Waals surface area contributed by atoms with Crippen molar-refractivity contribution in [1.82, 2.24) is 5.32 Å². The van der Waals surface area contributed by atoms with Crippen LogP contribution in [0.4, 0.5) is 0 Å². The van der Waals surface area contributed by atoms with Crippen molar-refractivity contribution in [2.45, 2.75) is 37.8 Å². The van der Waals surface area contributed by atoms with Crippen molar-refractivity contribution < 1.29 is 15.3 Å². The molecule has 1 aliphatic rings. The first-order valence-electron chi connectivity index (χ1n) is 6.40. The lowest BCUT2D eigenvalue weighted by Gasteiger charge is -2.30. The summed E-state index contributed by atoms with van der Waals surface area (Å²) < 4.78 is 0. The Morgan fingerprint density at radius 1 is 1.44 bits per heavy atom. The molecule has 1 aromatic rings. The van der Waals surface area contributed by atoms with E-state index < -0.39 is 5.60 Å². The maximum absolute atomic E-state index is 9.79. The Labute approximate surface area is 107 Å². The van der Waals surface area contributed by atoms with Gasteiger partial charge in [-0.2, -0.15) is 0 Å². The second-order valence-corrected chi connectivity index (χ2v) is 5.36. The second kappa shape index (κ2) is 5.26. The number of aryl methyl sites for hydroxylation is 1. The van der Waals surface area contributed by atoms with Crippen molar-refractivity contribution in [3.8, 4) is 5.75 Å². The lowest BCUT2D eigenvalue weighted by atomic mass is 9.87. The molecule has 4 N–H and O–H groups in total. The molecule has 4 heteroatoms. The van der Waals surface area contributed by atoms with Crippen molar-refractivity contribution >= 4 is 0 Å². The average Bonchev–Trinajstić information content (AvgIpc) is 2.36. The summed E-state index contributed by atoms with van der Waals surface area (Å²) in [4.78, 5) is 0. The third kappa shape index (κ3) is 3.02. The molecule has 0 fully saturated rings. The van der Waals surface area contributed by atoms with Crippen molar-refractivity contribution in [3.63, 3.8) is 0 Å². The molecule has 0 heterocycles. The van der Waals surface area contributed by atoms with Gasteiger partial charge in [0, 0.05) is 12.6 Å². The van der Waals surface area contributed by atoms with E-state index in [1.807, 2.05) is 12.1 Å². The molecule has 1 aromatic carbocycles. The van der Waals surface area contributed by atoms with Gasteiger partial charge >= 0.3 is 0 Å². The Bertz CT molecular complexity index is 418. The lowest BCUT2D eigenvalue weighted by Crippen LogP contribution is -2.42. The first-order chi connectivity index (χ1) is 8.52. The highest BCUT2D eigenvalue weighted by molar-refractivity contribution is 5.38. The molecule has 0 aliphatic heterocycles. The normalized spacial score (nSPS) is 22.3. The van der Waals surface area contributed by atoms with Gasteiger partial charge in [-0.1, -0.05) is 6.07 Å². The minimum absolute atomic E-state index is 0.187. The molecule has 2 rings (SSSR count). The highest BCUT2D eigenvalue weighted by Crippen LogP contribution is 2.31. The molecule has 2 atom stereocenters. The van der Waals surface area contributed by atoms with Crippen LogP contribution < -0.4 is 5.32 Å². The number of phenolic OH excluding ortho intramolecular Hbond substituents is 1. The van der Waals surface area contributed by atoms with Gasteiger partial charge in [0.1, 0.15) is 5.75 Å². The number of aromatic hydroxyl groups is 1. The quantitative estimate of drug-likeness (QED) is 0.646. The third-order valence-electron chi connectivity index (χ3n) is 3.51. The van der Waals surface area contributed by atoms with Crippen LogP contribution in [0, 0.1) is 0 Å². The fraction of sp³-hybridized carbons (Fsp3) is 0.571. The van der Waals surface area contributed by atoms with Crippen molar-refractivity contribution in [1.29, 1.82) is 0 Å². The summed E-state index contributed by atoms with van der Waals surface area (Å²) in [7, 11) is 0. The molecule has 0 spiro atoms. The van der Waals surface area contributed by atoms with E-state index in [1.54, 1.807) is 13.0 Å². The van der Waals surface area contributed by atoms with Gasteiger partial charge in [-0.15, -0.1) is 0 Å². The molecular weight excluding hydrogens is 230 g/mol. The molecule has 4 nitrogen and oxygen atoms in total. The fourth-order valence-electron chi connectivity index (χ4n) is 2.41. The van der Waals surface area contributed by atoms with E-state index in [9.17, 15) is 10.2 Å². The maximum atomic E-state index is 9.79. The molecule has 0 amide bonds. The van der Waals surface area contributed by atoms with Gasteiger partial charge in [0.2, 0.25) is 0 Å². The first-order valence-corrected chi connectivity index (χ1v) is 6.40. The molecule has 0 bridgehead atoms. The molecule has 2 unspecified atom stereocenters. The summed E-state index contributed by atoms with van der Waals surface area (Å²) in [6.45, 7) is 1.71. The third-order valence-corrected chi connectivity index (χ3v) is 3.51. The van der Waals surface area contributed by atoms with Crippen LogP contribution in [0.15, 0.2) is 18.2 Å². The summed E-state index contributed by atoms with van der Waals surface area (Å²) >= 11 is 0. The number of aliphatic hydroxyl groups is 2. The summed E-state index contributed by atoms with van der Waals surface area (Å²) in [5, 5.41) is 31.6. The topological polar surface area (TPSA) is 72.7 Å². The van der Waals surface area contributed by atoms with E-state index >= 15 is 0 Å². The molecule has 0 saturated carbocycles. The largest absolute Gasteiger partial charge is 0.508 e. The van der Waals surface area contributed by atoms with E-state index in [0.717, 1.165) is 19.3 Å². The summed E-state index contributed by atoms with van der Waals surface area (Å²) in [6.07, 6.45) is 3.06. The van der Waals surface area contributed by atoms with E-state index in [4.69, 9.17) is 5.11 Å². The van der Waals surface area contributed by atoms with Gasteiger partial charge < -0.3 is 20.6 Å². The maximum Gasteiger partial charge on any atom is 0.115 e. The van der Waals surface area contributed by atoms with E-state index in [2.05, 4.69) is 5.32 Å². The van der Waals surface area contributed by atoms with Crippen LogP contribution in [0.25, 0.3) is 0 Å². The van der Waals surface area contributed by atoms with Crippen molar-refractivity contribution in [2.75, 3.05) is 13.2 Å². The number of fused-ring (bicyclic) bond motifs is 1. The van der Waals surface area contributed by atoms with E-state index in [1.165, 1.54) is 11.1 Å². The minimum atomic E-state index is -1.09. The Kier molecular flexibility index (Phi) is 3.90. The molecule has 18 heavy (non-hydrogen) atoms. The molecule has 1 aliphatic carbocycles. The summed E-state index contributed by atoms with van der Waals surface area (Å²) in [5.41, 5.74) is 1.27.